The van der Waals surface area contributed by atoms with E-state index >= 15 is 0 Å². The third-order valence-corrected chi connectivity index (χ3v) is 7.58. The lowest BCUT2D eigenvalue weighted by Gasteiger charge is -2.22. The van der Waals surface area contributed by atoms with E-state index in [0.717, 1.165) is 41.7 Å². The smallest absolute Gasteiger partial charge is 0.252 e. The largest absolute Gasteiger partial charge is 0.506 e. The molecule has 38 heavy (non-hydrogen) atoms. The standard InChI is InChI=1S/C28H25ClN6O3/c1-15-2-9-25(36)26-20-10-16(3-7-22(20)33-35(15)26)13-31-28(38)19-6-5-18(12-21(19)29)34-14-32-23-8-4-17(27(30)37)11-24(23)34/h2,4-6,8-9,11-12,14,16,36H,3,7,10,13H2,1H3,(H2,30,37)(H,31,38)/t16-/m0/s1. The minimum Gasteiger partial charge on any atom is -0.506 e. The zero-order valence-electron chi connectivity index (χ0n) is 20.6. The van der Waals surface area contributed by atoms with Crippen LogP contribution in [0.2, 0.25) is 5.02 Å². The number of nitrogens with one attached hydrogen (secondary N) is 1. The monoisotopic (exact) mass is 528 g/mol. The van der Waals surface area contributed by atoms with E-state index in [1.165, 1.54) is 0 Å². The number of imidazole rings is 1. The number of benzene rings is 2. The topological polar surface area (TPSA) is 128 Å². The number of carbonyl (C=O) groups is 2. The summed E-state index contributed by atoms with van der Waals surface area (Å²) in [5, 5.41) is 18.5. The number of aryl methyl sites for hydroxylation is 2. The molecule has 0 spiro atoms. The van der Waals surface area contributed by atoms with E-state index in [0.29, 0.717) is 39.4 Å². The molecule has 2 aromatic carbocycles. The van der Waals surface area contributed by atoms with Gasteiger partial charge in [-0.2, -0.15) is 5.10 Å². The van der Waals surface area contributed by atoms with Crippen molar-refractivity contribution in [2.45, 2.75) is 26.2 Å². The van der Waals surface area contributed by atoms with Gasteiger partial charge in [0.15, 0.2) is 0 Å². The summed E-state index contributed by atoms with van der Waals surface area (Å²) >= 11 is 6.54. The summed E-state index contributed by atoms with van der Waals surface area (Å²) in [6, 6.07) is 13.8. The van der Waals surface area contributed by atoms with Crippen LogP contribution in [0.25, 0.3) is 22.2 Å². The highest BCUT2D eigenvalue weighted by molar-refractivity contribution is 6.34. The van der Waals surface area contributed by atoms with Crippen LogP contribution in [0.1, 0.15) is 44.1 Å². The fraction of sp³-hybridized carbons (Fsp3) is 0.214. The average Bonchev–Trinajstić information content (AvgIpc) is 3.51. The van der Waals surface area contributed by atoms with Crippen molar-refractivity contribution >= 4 is 40.0 Å². The van der Waals surface area contributed by atoms with Gasteiger partial charge in [0.1, 0.15) is 17.6 Å². The van der Waals surface area contributed by atoms with Gasteiger partial charge < -0.3 is 16.2 Å². The highest BCUT2D eigenvalue weighted by Gasteiger charge is 2.26. The molecule has 0 saturated carbocycles. The molecule has 1 aliphatic carbocycles. The number of amides is 2. The summed E-state index contributed by atoms with van der Waals surface area (Å²) < 4.78 is 3.60. The van der Waals surface area contributed by atoms with Crippen LogP contribution in [0, 0.1) is 12.8 Å². The van der Waals surface area contributed by atoms with Gasteiger partial charge in [0, 0.05) is 29.1 Å². The molecule has 9 nitrogen and oxygen atoms in total. The fourth-order valence-corrected chi connectivity index (χ4v) is 5.48. The maximum atomic E-state index is 13.0. The number of nitrogens with two attached hydrogens (primary N) is 1. The number of hydrogen-bond donors (Lipinski definition) is 3. The van der Waals surface area contributed by atoms with Crippen molar-refractivity contribution in [3.05, 3.63) is 88.0 Å². The van der Waals surface area contributed by atoms with E-state index in [1.54, 1.807) is 57.9 Å². The van der Waals surface area contributed by atoms with E-state index in [1.807, 2.05) is 13.0 Å². The van der Waals surface area contributed by atoms with Crippen LogP contribution < -0.4 is 11.1 Å². The summed E-state index contributed by atoms with van der Waals surface area (Å²) in [5.41, 5.74) is 12.1. The van der Waals surface area contributed by atoms with Gasteiger partial charge in [0.25, 0.3) is 5.91 Å². The Morgan fingerprint density at radius 3 is 2.82 bits per heavy atom. The Kier molecular flexibility index (Phi) is 5.80. The van der Waals surface area contributed by atoms with E-state index in [9.17, 15) is 14.7 Å². The molecular formula is C28H25ClN6O3. The van der Waals surface area contributed by atoms with Crippen molar-refractivity contribution in [2.24, 2.45) is 11.7 Å². The molecule has 5 aromatic rings. The molecule has 0 saturated heterocycles. The average molecular weight is 529 g/mol. The number of aromatic hydroxyl groups is 1. The van der Waals surface area contributed by atoms with E-state index in [2.05, 4.69) is 15.4 Å². The highest BCUT2D eigenvalue weighted by atomic mass is 35.5. The molecule has 1 atom stereocenters. The Hall–Kier alpha value is -4.37. The van der Waals surface area contributed by atoms with Crippen LogP contribution in [0.15, 0.2) is 54.9 Å². The number of pyridine rings is 1. The van der Waals surface area contributed by atoms with Crippen LogP contribution in [-0.4, -0.2) is 42.6 Å². The number of halogens is 1. The summed E-state index contributed by atoms with van der Waals surface area (Å²) in [7, 11) is 0. The zero-order chi connectivity index (χ0) is 26.6. The molecule has 2 amide bonds. The number of primary amides is 1. The fourth-order valence-electron chi connectivity index (χ4n) is 5.22. The normalized spacial score (nSPS) is 15.1. The van der Waals surface area contributed by atoms with Crippen LogP contribution in [0.5, 0.6) is 5.75 Å². The summed E-state index contributed by atoms with van der Waals surface area (Å²) in [6.45, 7) is 2.45. The van der Waals surface area contributed by atoms with Crippen LogP contribution in [0.3, 0.4) is 0 Å². The maximum Gasteiger partial charge on any atom is 0.252 e. The van der Waals surface area contributed by atoms with Gasteiger partial charge in [-0.15, -0.1) is 0 Å². The van der Waals surface area contributed by atoms with Crippen molar-refractivity contribution in [1.29, 1.82) is 0 Å². The molecule has 3 aromatic heterocycles. The Morgan fingerprint density at radius 1 is 1.18 bits per heavy atom. The Bertz CT molecular complexity index is 1750. The SMILES string of the molecule is Cc1ccc(O)c2c3c(nn12)CC[C@H](CNC(=O)c1ccc(-n2cnc4ccc(C(N)=O)cc42)cc1Cl)C3. The summed E-state index contributed by atoms with van der Waals surface area (Å²) in [6.07, 6.45) is 4.05. The minimum absolute atomic E-state index is 0.217. The number of rotatable bonds is 5. The second-order valence-electron chi connectivity index (χ2n) is 9.71. The number of hydrogen-bond acceptors (Lipinski definition) is 5. The lowest BCUT2D eigenvalue weighted by molar-refractivity contribution is 0.0944. The quantitative estimate of drug-likeness (QED) is 0.318. The van der Waals surface area contributed by atoms with Gasteiger partial charge in [-0.05, 0) is 80.6 Å². The molecular weight excluding hydrogens is 504 g/mol. The van der Waals surface area contributed by atoms with Gasteiger partial charge in [0.05, 0.1) is 27.3 Å². The predicted octanol–water partition coefficient (Wildman–Crippen LogP) is 3.97. The lowest BCUT2D eigenvalue weighted by atomic mass is 9.86. The molecule has 192 valence electrons. The van der Waals surface area contributed by atoms with Gasteiger partial charge in [-0.3, -0.25) is 14.2 Å². The molecule has 0 unspecified atom stereocenters. The van der Waals surface area contributed by atoms with Crippen molar-refractivity contribution in [3.63, 3.8) is 0 Å². The number of nitrogens with zero attached hydrogens (tertiary/aromatic N) is 4. The first-order valence-corrected chi connectivity index (χ1v) is 12.7. The highest BCUT2D eigenvalue weighted by Crippen LogP contribution is 2.33. The predicted molar refractivity (Wildman–Crippen MR) is 144 cm³/mol. The van der Waals surface area contributed by atoms with Crippen LogP contribution in [-0.2, 0) is 12.8 Å². The molecule has 1 aliphatic rings. The lowest BCUT2D eigenvalue weighted by Crippen LogP contribution is -2.32. The maximum absolute atomic E-state index is 13.0. The zero-order valence-corrected chi connectivity index (χ0v) is 21.4. The van der Waals surface area contributed by atoms with Gasteiger partial charge in [-0.1, -0.05) is 11.6 Å². The minimum atomic E-state index is -0.521. The van der Waals surface area contributed by atoms with Crippen LogP contribution in [0.4, 0.5) is 0 Å². The number of fused-ring (bicyclic) bond motifs is 4. The molecule has 0 bridgehead atoms. The molecule has 10 heteroatoms. The number of carbonyl (C=O) groups excluding carboxylic acids is 2. The molecule has 6 rings (SSSR count). The molecule has 4 N–H and O–H groups in total. The van der Waals surface area contributed by atoms with E-state index in [4.69, 9.17) is 17.3 Å². The van der Waals surface area contributed by atoms with E-state index < -0.39 is 5.91 Å². The van der Waals surface area contributed by atoms with E-state index in [-0.39, 0.29) is 17.6 Å². The van der Waals surface area contributed by atoms with Gasteiger partial charge in [0.2, 0.25) is 5.91 Å². The molecule has 0 aliphatic heterocycles. The second-order valence-corrected chi connectivity index (χ2v) is 10.1. The van der Waals surface area contributed by atoms with Crippen molar-refractivity contribution in [2.75, 3.05) is 6.54 Å². The molecule has 3 heterocycles. The summed E-state index contributed by atoms with van der Waals surface area (Å²) in [4.78, 5) is 29.0. The van der Waals surface area contributed by atoms with Crippen molar-refractivity contribution in [3.8, 4) is 11.4 Å². The molecule has 0 radical (unpaired) electrons. The van der Waals surface area contributed by atoms with Gasteiger partial charge in [-0.25, -0.2) is 9.50 Å². The third kappa shape index (κ3) is 4.05. The Balaban J connectivity index is 1.18. The van der Waals surface area contributed by atoms with Gasteiger partial charge >= 0.3 is 0 Å². The van der Waals surface area contributed by atoms with Crippen molar-refractivity contribution < 1.29 is 14.7 Å². The third-order valence-electron chi connectivity index (χ3n) is 7.27. The van der Waals surface area contributed by atoms with Crippen LogP contribution >= 0.6 is 11.6 Å². The second kappa shape index (κ2) is 9.18. The first-order valence-electron chi connectivity index (χ1n) is 12.3. The first kappa shape index (κ1) is 24.0. The Labute approximate surface area is 222 Å². The van der Waals surface area contributed by atoms with Crippen molar-refractivity contribution in [1.82, 2.24) is 24.5 Å². The Morgan fingerprint density at radius 2 is 2.03 bits per heavy atom. The molecule has 0 fully saturated rings. The summed E-state index contributed by atoms with van der Waals surface area (Å²) in [5.74, 6) is -0.337. The number of aromatic nitrogens is 4. The first-order chi connectivity index (χ1) is 18.3.